The monoisotopic (exact) mass is 325 g/mol. The smallest absolute Gasteiger partial charge is 0.412 e. The zero-order valence-corrected chi connectivity index (χ0v) is 13.5. The summed E-state index contributed by atoms with van der Waals surface area (Å²) < 4.78 is 5.34. The average Bonchev–Trinajstić information content (AvgIpc) is 2.82. The van der Waals surface area contributed by atoms with Gasteiger partial charge in [0.25, 0.3) is 0 Å². The molecule has 0 bridgehead atoms. The highest BCUT2D eigenvalue weighted by atomic mass is 32.2. The van der Waals surface area contributed by atoms with E-state index in [1.165, 1.54) is 28.8 Å². The van der Waals surface area contributed by atoms with Gasteiger partial charge in [0.1, 0.15) is 22.8 Å². The van der Waals surface area contributed by atoms with Gasteiger partial charge in [-0.15, -0.1) is 11.8 Å². The number of rotatable bonds is 2. The van der Waals surface area contributed by atoms with Crippen LogP contribution in [0.15, 0.2) is 24.3 Å². The van der Waals surface area contributed by atoms with Gasteiger partial charge in [-0.1, -0.05) is 12.1 Å². The van der Waals surface area contributed by atoms with Crippen molar-refractivity contribution in [1.29, 1.82) is 0 Å². The van der Waals surface area contributed by atoms with E-state index >= 15 is 0 Å². The molecule has 2 N–H and O–H groups in total. The van der Waals surface area contributed by atoms with Gasteiger partial charge in [0.05, 0.1) is 0 Å². The van der Waals surface area contributed by atoms with E-state index in [2.05, 4.69) is 0 Å². The van der Waals surface area contributed by atoms with Crippen molar-refractivity contribution in [2.75, 3.05) is 5.75 Å². The van der Waals surface area contributed by atoms with Crippen LogP contribution in [0.1, 0.15) is 31.7 Å². The van der Waals surface area contributed by atoms with Gasteiger partial charge in [0, 0.05) is 5.75 Å². The Hall–Kier alpha value is -1.89. The van der Waals surface area contributed by atoms with Crippen molar-refractivity contribution in [2.45, 2.75) is 37.8 Å². The summed E-state index contributed by atoms with van der Waals surface area (Å²) in [5, 5.41) is 18.3. The molecule has 120 valence electrons. The van der Waals surface area contributed by atoms with Crippen molar-refractivity contribution in [2.24, 2.45) is 0 Å². The summed E-state index contributed by atoms with van der Waals surface area (Å²) in [6.07, 6.45) is -0.650. The zero-order chi connectivity index (χ0) is 16.5. The molecule has 1 aliphatic rings. The van der Waals surface area contributed by atoms with E-state index in [4.69, 9.17) is 4.74 Å². The number of phenols is 1. The first kappa shape index (κ1) is 16.5. The summed E-state index contributed by atoms with van der Waals surface area (Å²) in [5.74, 6) is -0.648. The van der Waals surface area contributed by atoms with Crippen molar-refractivity contribution in [3.05, 3.63) is 29.8 Å². The van der Waals surface area contributed by atoms with Gasteiger partial charge in [0.15, 0.2) is 0 Å². The summed E-state index contributed by atoms with van der Waals surface area (Å²) in [5.41, 5.74) is 0.0461. The fourth-order valence-electron chi connectivity index (χ4n) is 2.13. The van der Waals surface area contributed by atoms with Crippen molar-refractivity contribution >= 4 is 23.8 Å². The highest BCUT2D eigenvalue weighted by Crippen LogP contribution is 2.42. The van der Waals surface area contributed by atoms with Gasteiger partial charge in [-0.25, -0.2) is 9.59 Å². The quantitative estimate of drug-likeness (QED) is 0.869. The van der Waals surface area contributed by atoms with Crippen LogP contribution in [0.5, 0.6) is 5.75 Å². The molecule has 2 atom stereocenters. The minimum Gasteiger partial charge on any atom is -0.508 e. The molecular formula is C15H19NO5S. The van der Waals surface area contributed by atoms with Crippen LogP contribution in [0.4, 0.5) is 4.79 Å². The number of amides is 1. The standard InChI is InChI=1S/C15H19NO5S/c1-15(2,3)21-14(20)16-11(13(18)19)8-22-12(16)9-4-6-10(17)7-5-9/h4-7,11-12,17H,8H2,1-3H3,(H,18,19)/t11-,12?/m0/s1. The SMILES string of the molecule is CC(C)(C)OC(=O)N1C(c2ccc(O)cc2)SC[C@H]1C(=O)O. The first-order valence-electron chi connectivity index (χ1n) is 6.84. The van der Waals surface area contributed by atoms with Gasteiger partial charge in [-0.3, -0.25) is 4.90 Å². The third-order valence-electron chi connectivity index (χ3n) is 3.07. The number of carbonyl (C=O) groups is 2. The third kappa shape index (κ3) is 3.65. The Morgan fingerprint density at radius 1 is 1.27 bits per heavy atom. The molecule has 1 fully saturated rings. The van der Waals surface area contributed by atoms with Crippen molar-refractivity contribution in [1.82, 2.24) is 4.90 Å². The number of phenolic OH excluding ortho intramolecular Hbond substituents is 1. The number of carbonyl (C=O) groups excluding carboxylic acids is 1. The number of benzene rings is 1. The Morgan fingerprint density at radius 3 is 2.36 bits per heavy atom. The lowest BCUT2D eigenvalue weighted by Gasteiger charge is -2.30. The molecule has 1 aromatic rings. The molecule has 1 heterocycles. The van der Waals surface area contributed by atoms with Gasteiger partial charge in [0.2, 0.25) is 0 Å². The molecule has 0 aliphatic carbocycles. The highest BCUT2D eigenvalue weighted by molar-refractivity contribution is 7.99. The molecule has 1 saturated heterocycles. The number of carboxylic acids is 1. The Kier molecular flexibility index (Phi) is 4.55. The predicted molar refractivity (Wildman–Crippen MR) is 82.8 cm³/mol. The van der Waals surface area contributed by atoms with Crippen LogP contribution < -0.4 is 0 Å². The second-order valence-corrected chi connectivity index (χ2v) is 7.13. The largest absolute Gasteiger partial charge is 0.508 e. The van der Waals surface area contributed by atoms with E-state index in [0.29, 0.717) is 5.75 Å². The van der Waals surface area contributed by atoms with Gasteiger partial charge in [-0.2, -0.15) is 0 Å². The maximum atomic E-state index is 12.4. The van der Waals surface area contributed by atoms with Crippen LogP contribution in [0.3, 0.4) is 0 Å². The van der Waals surface area contributed by atoms with E-state index in [1.807, 2.05) is 0 Å². The maximum Gasteiger partial charge on any atom is 0.412 e. The lowest BCUT2D eigenvalue weighted by Crippen LogP contribution is -2.45. The molecule has 1 aromatic carbocycles. The number of ether oxygens (including phenoxy) is 1. The normalized spacial score (nSPS) is 21.7. The second-order valence-electron chi connectivity index (χ2n) is 6.02. The minimum atomic E-state index is -1.06. The number of nitrogens with zero attached hydrogens (tertiary/aromatic N) is 1. The van der Waals surface area contributed by atoms with Gasteiger partial charge >= 0.3 is 12.1 Å². The van der Waals surface area contributed by atoms with Crippen molar-refractivity contribution in [3.63, 3.8) is 0 Å². The van der Waals surface area contributed by atoms with E-state index in [1.54, 1.807) is 32.9 Å². The van der Waals surface area contributed by atoms with E-state index in [9.17, 15) is 19.8 Å². The maximum absolute atomic E-state index is 12.4. The molecule has 1 unspecified atom stereocenters. The topological polar surface area (TPSA) is 87.1 Å². The first-order valence-corrected chi connectivity index (χ1v) is 7.88. The number of aliphatic carboxylic acids is 1. The van der Waals surface area contributed by atoms with Crippen LogP contribution in [0, 0.1) is 0 Å². The highest BCUT2D eigenvalue weighted by Gasteiger charge is 2.44. The van der Waals surface area contributed by atoms with Gasteiger partial charge < -0.3 is 14.9 Å². The van der Waals surface area contributed by atoms with Crippen LogP contribution >= 0.6 is 11.8 Å². The fourth-order valence-corrected chi connectivity index (χ4v) is 3.54. The fraction of sp³-hybridized carbons (Fsp3) is 0.467. The summed E-state index contributed by atoms with van der Waals surface area (Å²) in [6.45, 7) is 5.21. The summed E-state index contributed by atoms with van der Waals surface area (Å²) in [6, 6.07) is 5.44. The molecule has 22 heavy (non-hydrogen) atoms. The van der Waals surface area contributed by atoms with Crippen molar-refractivity contribution in [3.8, 4) is 5.75 Å². The number of hydrogen-bond acceptors (Lipinski definition) is 5. The Balaban J connectivity index is 2.30. The third-order valence-corrected chi connectivity index (χ3v) is 4.39. The van der Waals surface area contributed by atoms with Crippen LogP contribution in [-0.2, 0) is 9.53 Å². The predicted octanol–water partition coefficient (Wildman–Crippen LogP) is 2.83. The molecule has 6 nitrogen and oxygen atoms in total. The Labute approximate surface area is 133 Å². The molecule has 0 saturated carbocycles. The second kappa shape index (κ2) is 6.08. The number of aromatic hydroxyl groups is 1. The summed E-state index contributed by atoms with van der Waals surface area (Å²) in [7, 11) is 0. The van der Waals surface area contributed by atoms with Crippen LogP contribution in [-0.4, -0.2) is 44.6 Å². The molecule has 1 amide bonds. The molecular weight excluding hydrogens is 306 g/mol. The lowest BCUT2D eigenvalue weighted by molar-refractivity contribution is -0.142. The molecule has 1 aliphatic heterocycles. The number of hydrogen-bond donors (Lipinski definition) is 2. The average molecular weight is 325 g/mol. The molecule has 0 radical (unpaired) electrons. The van der Waals surface area contributed by atoms with E-state index < -0.39 is 29.1 Å². The molecule has 7 heteroatoms. The van der Waals surface area contributed by atoms with Crippen LogP contribution in [0.2, 0.25) is 0 Å². The van der Waals surface area contributed by atoms with E-state index in [-0.39, 0.29) is 5.75 Å². The number of thioether (sulfide) groups is 1. The lowest BCUT2D eigenvalue weighted by atomic mass is 10.1. The van der Waals surface area contributed by atoms with E-state index in [0.717, 1.165) is 5.56 Å². The summed E-state index contributed by atoms with van der Waals surface area (Å²) in [4.78, 5) is 25.1. The first-order chi connectivity index (χ1) is 10.2. The van der Waals surface area contributed by atoms with Gasteiger partial charge in [-0.05, 0) is 38.5 Å². The molecule has 0 aromatic heterocycles. The Bertz CT molecular complexity index is 566. The van der Waals surface area contributed by atoms with Crippen LogP contribution in [0.25, 0.3) is 0 Å². The molecule has 0 spiro atoms. The number of carboxylic acid groups (broad SMARTS) is 1. The Morgan fingerprint density at radius 2 is 1.86 bits per heavy atom. The minimum absolute atomic E-state index is 0.116. The molecule has 2 rings (SSSR count). The zero-order valence-electron chi connectivity index (χ0n) is 12.6. The van der Waals surface area contributed by atoms with Crippen molar-refractivity contribution < 1.29 is 24.5 Å². The summed E-state index contributed by atoms with van der Waals surface area (Å²) >= 11 is 1.36.